The van der Waals surface area contributed by atoms with Gasteiger partial charge in [-0.1, -0.05) is 0 Å². The fraction of sp³-hybridized carbons (Fsp3) is 0.556. The van der Waals surface area contributed by atoms with Gasteiger partial charge in [-0.05, 0) is 13.8 Å². The highest BCUT2D eigenvalue weighted by atomic mass is 32.2. The molecule has 5 nitrogen and oxygen atoms in total. The van der Waals surface area contributed by atoms with Gasteiger partial charge in [-0.25, -0.2) is 8.42 Å². The monoisotopic (exact) mass is 230 g/mol. The van der Waals surface area contributed by atoms with E-state index in [0.29, 0.717) is 0 Å². The van der Waals surface area contributed by atoms with Crippen LogP contribution in [0.5, 0.6) is 0 Å². The first-order chi connectivity index (χ1) is 6.82. The standard InChI is InChI=1S/C9H14N2O3S/c1-6-4-11-8(5-10-6)9(12)7(2)15(3,13)14/h4-5,7,9,12H,1-3H3/t7-,9-/m0/s1. The topological polar surface area (TPSA) is 80.2 Å². The molecule has 0 spiro atoms. The molecule has 1 aromatic rings. The van der Waals surface area contributed by atoms with Crippen molar-refractivity contribution < 1.29 is 13.5 Å². The fourth-order valence-corrected chi connectivity index (χ4v) is 1.64. The van der Waals surface area contributed by atoms with Crippen molar-refractivity contribution in [2.45, 2.75) is 25.2 Å². The molecule has 6 heteroatoms. The average Bonchev–Trinajstić information content (AvgIpc) is 2.15. The third kappa shape index (κ3) is 2.97. The Hall–Kier alpha value is -1.01. The van der Waals surface area contributed by atoms with Gasteiger partial charge in [0.25, 0.3) is 0 Å². The quantitative estimate of drug-likeness (QED) is 0.805. The number of aromatic nitrogens is 2. The van der Waals surface area contributed by atoms with Gasteiger partial charge < -0.3 is 5.11 Å². The first-order valence-corrected chi connectivity index (χ1v) is 6.43. The van der Waals surface area contributed by atoms with Crippen LogP contribution in [0.15, 0.2) is 12.4 Å². The van der Waals surface area contributed by atoms with Crippen LogP contribution < -0.4 is 0 Å². The minimum Gasteiger partial charge on any atom is -0.385 e. The Kier molecular flexibility index (Phi) is 3.41. The smallest absolute Gasteiger partial charge is 0.152 e. The summed E-state index contributed by atoms with van der Waals surface area (Å²) in [7, 11) is -3.28. The van der Waals surface area contributed by atoms with E-state index in [2.05, 4.69) is 9.97 Å². The number of aryl methyl sites for hydroxylation is 1. The largest absolute Gasteiger partial charge is 0.385 e. The second-order valence-electron chi connectivity index (χ2n) is 3.56. The zero-order chi connectivity index (χ0) is 11.6. The summed E-state index contributed by atoms with van der Waals surface area (Å²) in [5, 5.41) is 8.85. The average molecular weight is 230 g/mol. The first kappa shape index (κ1) is 12.1. The zero-order valence-electron chi connectivity index (χ0n) is 8.88. The lowest BCUT2D eigenvalue weighted by Crippen LogP contribution is -2.25. The molecular formula is C9H14N2O3S. The maximum Gasteiger partial charge on any atom is 0.152 e. The van der Waals surface area contributed by atoms with Gasteiger partial charge in [0.05, 0.1) is 22.8 Å². The van der Waals surface area contributed by atoms with Crippen LogP contribution in [0.2, 0.25) is 0 Å². The van der Waals surface area contributed by atoms with Crippen LogP contribution in [-0.2, 0) is 9.84 Å². The Morgan fingerprint density at radius 3 is 2.33 bits per heavy atom. The number of hydrogen-bond donors (Lipinski definition) is 1. The number of nitrogens with zero attached hydrogens (tertiary/aromatic N) is 2. The molecule has 0 bridgehead atoms. The summed E-state index contributed by atoms with van der Waals surface area (Å²) < 4.78 is 22.4. The van der Waals surface area contributed by atoms with E-state index in [0.717, 1.165) is 11.9 Å². The SMILES string of the molecule is Cc1cnc([C@@H](O)[C@H](C)S(C)(=O)=O)cn1. The summed E-state index contributed by atoms with van der Waals surface area (Å²) >= 11 is 0. The molecule has 0 aliphatic heterocycles. The van der Waals surface area contributed by atoms with Gasteiger partial charge in [0.1, 0.15) is 6.10 Å². The summed E-state index contributed by atoms with van der Waals surface area (Å²) in [6, 6.07) is 0. The van der Waals surface area contributed by atoms with Crippen molar-refractivity contribution in [3.05, 3.63) is 23.8 Å². The second-order valence-corrected chi connectivity index (χ2v) is 5.96. The molecule has 0 aromatic carbocycles. The molecule has 0 aliphatic carbocycles. The van der Waals surface area contributed by atoms with Gasteiger partial charge in [0.15, 0.2) is 9.84 Å². The normalized spacial score (nSPS) is 16.0. The summed E-state index contributed by atoms with van der Waals surface area (Å²) in [5.74, 6) is 0. The molecule has 0 amide bonds. The summed E-state index contributed by atoms with van der Waals surface area (Å²) in [4.78, 5) is 7.88. The molecule has 0 aliphatic rings. The third-order valence-corrected chi connectivity index (χ3v) is 3.83. The first-order valence-electron chi connectivity index (χ1n) is 4.48. The predicted molar refractivity (Wildman–Crippen MR) is 56.0 cm³/mol. The van der Waals surface area contributed by atoms with Gasteiger partial charge in [0.2, 0.25) is 0 Å². The van der Waals surface area contributed by atoms with Crippen LogP contribution >= 0.6 is 0 Å². The number of rotatable bonds is 3. The Morgan fingerprint density at radius 2 is 1.93 bits per heavy atom. The van der Waals surface area contributed by atoms with E-state index in [9.17, 15) is 13.5 Å². The predicted octanol–water partition coefficient (Wildman–Crippen LogP) is 0.252. The highest BCUT2D eigenvalue weighted by Gasteiger charge is 2.26. The molecule has 1 heterocycles. The van der Waals surface area contributed by atoms with E-state index in [1.54, 1.807) is 6.92 Å². The van der Waals surface area contributed by atoms with E-state index in [4.69, 9.17) is 0 Å². The second kappa shape index (κ2) is 4.24. The van der Waals surface area contributed by atoms with Crippen LogP contribution in [0.4, 0.5) is 0 Å². The van der Waals surface area contributed by atoms with Crippen molar-refractivity contribution in [1.29, 1.82) is 0 Å². The Labute approximate surface area is 89.1 Å². The van der Waals surface area contributed by atoms with E-state index in [-0.39, 0.29) is 5.69 Å². The highest BCUT2D eigenvalue weighted by Crippen LogP contribution is 2.18. The molecule has 0 fully saturated rings. The van der Waals surface area contributed by atoms with Crippen LogP contribution in [0, 0.1) is 6.92 Å². The molecule has 0 radical (unpaired) electrons. The maximum atomic E-state index is 11.2. The Bertz CT molecular complexity index is 427. The molecule has 1 aromatic heterocycles. The number of hydrogen-bond acceptors (Lipinski definition) is 5. The van der Waals surface area contributed by atoms with Gasteiger partial charge in [-0.15, -0.1) is 0 Å². The summed E-state index contributed by atoms with van der Waals surface area (Å²) in [5.41, 5.74) is 0.997. The van der Waals surface area contributed by atoms with Crippen LogP contribution in [0.3, 0.4) is 0 Å². The van der Waals surface area contributed by atoms with Crippen LogP contribution in [-0.4, -0.2) is 35.0 Å². The molecular weight excluding hydrogens is 216 g/mol. The molecule has 84 valence electrons. The maximum absolute atomic E-state index is 11.2. The van der Waals surface area contributed by atoms with Crippen molar-refractivity contribution in [2.75, 3.05) is 6.26 Å². The third-order valence-electron chi connectivity index (χ3n) is 2.22. The minimum atomic E-state index is -3.28. The van der Waals surface area contributed by atoms with Gasteiger partial charge in [0, 0.05) is 12.5 Å². The van der Waals surface area contributed by atoms with Crippen molar-refractivity contribution in [3.63, 3.8) is 0 Å². The molecule has 0 saturated heterocycles. The number of aliphatic hydroxyl groups excluding tert-OH is 1. The van der Waals surface area contributed by atoms with Gasteiger partial charge >= 0.3 is 0 Å². The molecule has 2 atom stereocenters. The van der Waals surface area contributed by atoms with Gasteiger partial charge in [-0.3, -0.25) is 9.97 Å². The van der Waals surface area contributed by atoms with Gasteiger partial charge in [-0.2, -0.15) is 0 Å². The van der Waals surface area contributed by atoms with Crippen molar-refractivity contribution in [2.24, 2.45) is 0 Å². The lowest BCUT2D eigenvalue weighted by molar-refractivity contribution is 0.171. The molecule has 0 unspecified atom stereocenters. The van der Waals surface area contributed by atoms with Crippen molar-refractivity contribution in [1.82, 2.24) is 9.97 Å². The Morgan fingerprint density at radius 1 is 1.33 bits per heavy atom. The fourth-order valence-electron chi connectivity index (χ4n) is 1.03. The van der Waals surface area contributed by atoms with E-state index < -0.39 is 21.2 Å². The van der Waals surface area contributed by atoms with Crippen molar-refractivity contribution >= 4 is 9.84 Å². The molecule has 1 rings (SSSR count). The van der Waals surface area contributed by atoms with E-state index >= 15 is 0 Å². The Balaban J connectivity index is 2.95. The highest BCUT2D eigenvalue weighted by molar-refractivity contribution is 7.91. The van der Waals surface area contributed by atoms with Crippen LogP contribution in [0.1, 0.15) is 24.4 Å². The van der Waals surface area contributed by atoms with Crippen molar-refractivity contribution in [3.8, 4) is 0 Å². The molecule has 15 heavy (non-hydrogen) atoms. The number of aliphatic hydroxyl groups is 1. The van der Waals surface area contributed by atoms with Crippen LogP contribution in [0.25, 0.3) is 0 Å². The summed E-state index contributed by atoms with van der Waals surface area (Å²) in [6.45, 7) is 3.21. The minimum absolute atomic E-state index is 0.276. The molecule has 0 saturated carbocycles. The van der Waals surface area contributed by atoms with E-state index in [1.165, 1.54) is 19.3 Å². The lowest BCUT2D eigenvalue weighted by Gasteiger charge is -2.16. The molecule has 1 N–H and O–H groups in total. The lowest BCUT2D eigenvalue weighted by atomic mass is 10.2. The van der Waals surface area contributed by atoms with E-state index in [1.807, 2.05) is 0 Å². The summed E-state index contributed by atoms with van der Waals surface area (Å²) in [6.07, 6.45) is 2.84. The zero-order valence-corrected chi connectivity index (χ0v) is 9.69. The number of sulfone groups is 1.